The van der Waals surface area contributed by atoms with E-state index in [1.807, 2.05) is 6.92 Å². The van der Waals surface area contributed by atoms with Gasteiger partial charge in [0.25, 0.3) is 0 Å². The summed E-state index contributed by atoms with van der Waals surface area (Å²) in [6.07, 6.45) is 6.96. The third kappa shape index (κ3) is 4.22. The van der Waals surface area contributed by atoms with Crippen LogP contribution in [-0.4, -0.2) is 19.0 Å². The van der Waals surface area contributed by atoms with Gasteiger partial charge in [-0.3, -0.25) is 4.79 Å². The highest BCUT2D eigenvalue weighted by molar-refractivity contribution is 9.10. The van der Waals surface area contributed by atoms with E-state index in [0.29, 0.717) is 17.9 Å². The molecule has 0 bridgehead atoms. The van der Waals surface area contributed by atoms with E-state index in [2.05, 4.69) is 22.9 Å². The summed E-state index contributed by atoms with van der Waals surface area (Å²) in [4.78, 5) is 11.0. The van der Waals surface area contributed by atoms with Crippen molar-refractivity contribution in [3.63, 3.8) is 0 Å². The van der Waals surface area contributed by atoms with Crippen molar-refractivity contribution in [1.29, 1.82) is 0 Å². The minimum Gasteiger partial charge on any atom is -0.490 e. The van der Waals surface area contributed by atoms with Crippen molar-refractivity contribution < 1.29 is 14.3 Å². The molecule has 1 fully saturated rings. The van der Waals surface area contributed by atoms with Gasteiger partial charge in [-0.15, -0.1) is 0 Å². The number of benzene rings is 1. The first-order chi connectivity index (χ1) is 10.2. The zero-order valence-electron chi connectivity index (χ0n) is 12.7. The lowest BCUT2D eigenvalue weighted by Crippen LogP contribution is -2.24. The highest BCUT2D eigenvalue weighted by Gasteiger charge is 2.23. The highest BCUT2D eigenvalue weighted by atomic mass is 79.9. The van der Waals surface area contributed by atoms with Crippen LogP contribution in [0.5, 0.6) is 11.5 Å². The van der Waals surface area contributed by atoms with Crippen LogP contribution in [0.25, 0.3) is 0 Å². The van der Waals surface area contributed by atoms with Crippen molar-refractivity contribution >= 4 is 22.2 Å². The summed E-state index contributed by atoms with van der Waals surface area (Å²) in [6, 6.07) is 3.52. The highest BCUT2D eigenvalue weighted by Crippen LogP contribution is 2.39. The first-order valence-corrected chi connectivity index (χ1v) is 8.55. The molecule has 1 saturated carbocycles. The smallest absolute Gasteiger partial charge is 0.175 e. The maximum atomic E-state index is 11.0. The van der Waals surface area contributed by atoms with E-state index in [4.69, 9.17) is 9.47 Å². The summed E-state index contributed by atoms with van der Waals surface area (Å²) in [7, 11) is 0. The van der Waals surface area contributed by atoms with Crippen LogP contribution in [0.4, 0.5) is 0 Å². The van der Waals surface area contributed by atoms with Gasteiger partial charge in [0, 0.05) is 5.56 Å². The number of carbonyl (C=O) groups is 1. The Morgan fingerprint density at radius 2 is 1.95 bits per heavy atom. The van der Waals surface area contributed by atoms with E-state index < -0.39 is 0 Å². The normalized spacial score (nSPS) is 21.9. The summed E-state index contributed by atoms with van der Waals surface area (Å²) in [5, 5.41) is 0. The van der Waals surface area contributed by atoms with Crippen molar-refractivity contribution in [2.75, 3.05) is 6.61 Å². The Balaban J connectivity index is 2.13. The maximum Gasteiger partial charge on any atom is 0.175 e. The Labute approximate surface area is 135 Å². The Hall–Kier alpha value is -1.03. The molecule has 0 amide bonds. The molecule has 0 heterocycles. The first kappa shape index (κ1) is 16.3. The lowest BCUT2D eigenvalue weighted by Gasteiger charge is -2.29. The molecule has 0 aliphatic heterocycles. The average molecular weight is 355 g/mol. The van der Waals surface area contributed by atoms with Crippen LogP contribution in [0.15, 0.2) is 16.6 Å². The molecule has 0 N–H and O–H groups in total. The van der Waals surface area contributed by atoms with E-state index in [-0.39, 0.29) is 6.10 Å². The second kappa shape index (κ2) is 7.83. The summed E-state index contributed by atoms with van der Waals surface area (Å²) in [6.45, 7) is 4.74. The quantitative estimate of drug-likeness (QED) is 0.673. The molecule has 21 heavy (non-hydrogen) atoms. The van der Waals surface area contributed by atoms with Gasteiger partial charge in [0.1, 0.15) is 6.29 Å². The van der Waals surface area contributed by atoms with Crippen LogP contribution in [0.1, 0.15) is 56.3 Å². The summed E-state index contributed by atoms with van der Waals surface area (Å²) < 4.78 is 12.6. The molecule has 0 spiro atoms. The first-order valence-electron chi connectivity index (χ1n) is 7.76. The molecule has 1 aromatic rings. The Morgan fingerprint density at radius 1 is 1.24 bits per heavy atom. The van der Waals surface area contributed by atoms with Crippen molar-refractivity contribution in [2.45, 2.75) is 52.1 Å². The van der Waals surface area contributed by atoms with E-state index in [1.165, 1.54) is 19.3 Å². The molecule has 0 radical (unpaired) electrons. The van der Waals surface area contributed by atoms with E-state index in [1.54, 1.807) is 12.1 Å². The van der Waals surface area contributed by atoms with Crippen LogP contribution in [0, 0.1) is 5.92 Å². The molecule has 4 heteroatoms. The number of aldehydes is 1. The molecule has 1 aliphatic rings. The van der Waals surface area contributed by atoms with Crippen molar-refractivity contribution in [3.05, 3.63) is 22.2 Å². The Bertz CT molecular complexity index is 479. The molecular formula is C17H23BrO3. The molecule has 2 rings (SSSR count). The molecule has 0 unspecified atom stereocenters. The van der Waals surface area contributed by atoms with Gasteiger partial charge in [0.05, 0.1) is 17.2 Å². The van der Waals surface area contributed by atoms with Gasteiger partial charge in [-0.1, -0.05) is 13.3 Å². The fourth-order valence-electron chi connectivity index (χ4n) is 2.86. The molecular weight excluding hydrogens is 332 g/mol. The largest absolute Gasteiger partial charge is 0.490 e. The number of carbonyl (C=O) groups excluding carboxylic acids is 1. The Morgan fingerprint density at radius 3 is 2.52 bits per heavy atom. The van der Waals surface area contributed by atoms with Crippen LogP contribution in [-0.2, 0) is 0 Å². The molecule has 1 aromatic carbocycles. The van der Waals surface area contributed by atoms with Crippen molar-refractivity contribution in [3.8, 4) is 11.5 Å². The van der Waals surface area contributed by atoms with Gasteiger partial charge >= 0.3 is 0 Å². The molecule has 116 valence electrons. The monoisotopic (exact) mass is 354 g/mol. The van der Waals surface area contributed by atoms with Crippen LogP contribution >= 0.6 is 15.9 Å². The number of halogens is 1. The average Bonchev–Trinajstić information content (AvgIpc) is 2.51. The topological polar surface area (TPSA) is 35.5 Å². The van der Waals surface area contributed by atoms with Crippen LogP contribution < -0.4 is 9.47 Å². The SMILES string of the molecule is CCOc1cc(C=O)cc(Br)c1OC1CCC(CC)CC1. The third-order valence-electron chi connectivity index (χ3n) is 4.12. The zero-order chi connectivity index (χ0) is 15.2. The maximum absolute atomic E-state index is 11.0. The summed E-state index contributed by atoms with van der Waals surface area (Å²) in [5.41, 5.74) is 0.590. The lowest BCUT2D eigenvalue weighted by molar-refractivity contribution is 0.112. The van der Waals surface area contributed by atoms with Gasteiger partial charge in [0.15, 0.2) is 11.5 Å². The van der Waals surface area contributed by atoms with Gasteiger partial charge in [-0.05, 0) is 66.6 Å². The van der Waals surface area contributed by atoms with Crippen LogP contribution in [0.2, 0.25) is 0 Å². The number of hydrogen-bond donors (Lipinski definition) is 0. The van der Waals surface area contributed by atoms with Crippen molar-refractivity contribution in [1.82, 2.24) is 0 Å². The summed E-state index contributed by atoms with van der Waals surface area (Å²) in [5.74, 6) is 2.21. The minimum atomic E-state index is 0.241. The minimum absolute atomic E-state index is 0.241. The van der Waals surface area contributed by atoms with Gasteiger partial charge in [0.2, 0.25) is 0 Å². The molecule has 3 nitrogen and oxygen atoms in total. The predicted octanol–water partition coefficient (Wildman–Crippen LogP) is 5.01. The molecule has 0 saturated heterocycles. The fraction of sp³-hybridized carbons (Fsp3) is 0.588. The summed E-state index contributed by atoms with van der Waals surface area (Å²) >= 11 is 3.50. The van der Waals surface area contributed by atoms with Gasteiger partial charge < -0.3 is 9.47 Å². The van der Waals surface area contributed by atoms with Gasteiger partial charge in [-0.25, -0.2) is 0 Å². The number of rotatable bonds is 6. The number of hydrogen-bond acceptors (Lipinski definition) is 3. The Kier molecular flexibility index (Phi) is 6.09. The predicted molar refractivity (Wildman–Crippen MR) is 87.4 cm³/mol. The number of ether oxygens (including phenoxy) is 2. The van der Waals surface area contributed by atoms with E-state index in [9.17, 15) is 4.79 Å². The van der Waals surface area contributed by atoms with E-state index in [0.717, 1.165) is 35.3 Å². The van der Waals surface area contributed by atoms with E-state index >= 15 is 0 Å². The lowest BCUT2D eigenvalue weighted by atomic mass is 9.86. The standard InChI is InChI=1S/C17H23BrO3/c1-3-12-5-7-14(8-6-12)21-17-15(18)9-13(11-19)10-16(17)20-4-2/h9-12,14H,3-8H2,1-2H3. The third-order valence-corrected chi connectivity index (χ3v) is 4.71. The molecule has 0 aromatic heterocycles. The van der Waals surface area contributed by atoms with Gasteiger partial charge in [-0.2, -0.15) is 0 Å². The molecule has 1 aliphatic carbocycles. The fourth-order valence-corrected chi connectivity index (χ4v) is 3.41. The molecule has 0 atom stereocenters. The zero-order valence-corrected chi connectivity index (χ0v) is 14.3. The second-order valence-electron chi connectivity index (χ2n) is 5.55. The second-order valence-corrected chi connectivity index (χ2v) is 6.40. The van der Waals surface area contributed by atoms with Crippen LogP contribution in [0.3, 0.4) is 0 Å². The van der Waals surface area contributed by atoms with Crippen molar-refractivity contribution in [2.24, 2.45) is 5.92 Å².